The Morgan fingerprint density at radius 2 is 0.500 bits per heavy atom. The van der Waals surface area contributed by atoms with Crippen LogP contribution < -0.4 is 49.6 Å². The van der Waals surface area contributed by atoms with E-state index in [9.17, 15) is 0 Å². The van der Waals surface area contributed by atoms with Crippen LogP contribution in [-0.4, -0.2) is 66.2 Å². The fourth-order valence-electron chi connectivity index (χ4n) is 0. The smallest absolute Gasteiger partial charge is 1.00 e. The molecule has 0 nitrogen and oxygen atoms in total. The predicted octanol–water partition coefficient (Wildman–Crippen LogP) is -12.7. The molecule has 0 rings (SSSR count). The van der Waals surface area contributed by atoms with Crippen LogP contribution >= 0.6 is 0 Å². The van der Waals surface area contributed by atoms with Gasteiger partial charge < -0.3 is 49.6 Å². The van der Waals surface area contributed by atoms with E-state index >= 15 is 0 Å². The first-order chi connectivity index (χ1) is 0. The molecule has 0 aliphatic carbocycles. The molecule has 0 aromatic rings. The van der Waals surface area contributed by atoms with E-state index in [0.717, 1.165) is 0 Å². The van der Waals surface area contributed by atoms with Gasteiger partial charge in [0.05, 0.1) is 0 Å². The normalized spacial score (nSPS) is 0. The third-order valence-corrected chi connectivity index (χ3v) is 0. The molecule has 6 heavy (non-hydrogen) atoms. The zero-order valence-electron chi connectivity index (χ0n) is 2.80. The molecule has 0 aromatic carbocycles. The van der Waals surface area contributed by atoms with Crippen LogP contribution in [0.25, 0.3) is 0 Å². The van der Waals surface area contributed by atoms with Crippen molar-refractivity contribution in [3.8, 4) is 0 Å². The molecule has 0 heterocycles. The van der Waals surface area contributed by atoms with E-state index in [0.29, 0.717) is 0 Å². The van der Waals surface area contributed by atoms with Gasteiger partial charge in [0.25, 0.3) is 0 Å². The van der Waals surface area contributed by atoms with Gasteiger partial charge in [-0.1, -0.05) is 0 Å². The van der Waals surface area contributed by atoms with Gasteiger partial charge in [0.2, 0.25) is 0 Å². The van der Waals surface area contributed by atoms with Crippen LogP contribution in [0, 0.1) is 0 Å². The molecular formula is AlBaCl4+. The summed E-state index contributed by atoms with van der Waals surface area (Å²) in [7, 11) is 0. The largest absolute Gasteiger partial charge is 3.00 e. The van der Waals surface area contributed by atoms with Gasteiger partial charge in [-0.05, 0) is 0 Å². The van der Waals surface area contributed by atoms with Gasteiger partial charge in [0.1, 0.15) is 0 Å². The molecule has 0 spiro atoms. The Hall–Kier alpha value is 3.26. The van der Waals surface area contributed by atoms with Gasteiger partial charge in [0, 0.05) is 0 Å². The molecule has 0 amide bonds. The number of halogens is 4. The van der Waals surface area contributed by atoms with Crippen LogP contribution in [0.2, 0.25) is 0 Å². The molecule has 0 fully saturated rings. The van der Waals surface area contributed by atoms with Crippen molar-refractivity contribution in [2.24, 2.45) is 0 Å². The fraction of sp³-hybridized carbons (Fsp3) is 0. The average molecular weight is 306 g/mol. The first-order valence-electron chi connectivity index (χ1n) is 0. The van der Waals surface area contributed by atoms with E-state index in [2.05, 4.69) is 0 Å². The molecule has 0 aliphatic rings. The molecule has 0 saturated heterocycles. The molecule has 6 heteroatoms. The number of hydrogen-bond donors (Lipinski definition) is 0. The van der Waals surface area contributed by atoms with Gasteiger partial charge in [-0.25, -0.2) is 0 Å². The summed E-state index contributed by atoms with van der Waals surface area (Å²) in [4.78, 5) is 0. The number of hydrogen-bond acceptors (Lipinski definition) is 0. The maximum Gasteiger partial charge on any atom is 3.00 e. The van der Waals surface area contributed by atoms with Crippen molar-refractivity contribution in [2.45, 2.75) is 0 Å². The Morgan fingerprint density at radius 3 is 0.500 bits per heavy atom. The molecule has 32 valence electrons. The van der Waals surface area contributed by atoms with E-state index in [1.807, 2.05) is 0 Å². The zero-order chi connectivity index (χ0) is 0. The van der Waals surface area contributed by atoms with Crippen molar-refractivity contribution in [3.63, 3.8) is 0 Å². The quantitative estimate of drug-likeness (QED) is 0.390. The minimum Gasteiger partial charge on any atom is -1.00 e. The van der Waals surface area contributed by atoms with Gasteiger partial charge >= 0.3 is 66.2 Å². The Kier molecular flexibility index (Phi) is 405. The molecular weight excluding hydrogens is 306 g/mol. The van der Waals surface area contributed by atoms with E-state index in [1.165, 1.54) is 0 Å². The van der Waals surface area contributed by atoms with Crippen LogP contribution in [0.4, 0.5) is 0 Å². The van der Waals surface area contributed by atoms with Crippen LogP contribution in [0.15, 0.2) is 0 Å². The Morgan fingerprint density at radius 1 is 0.500 bits per heavy atom. The average Bonchev–Trinajstić information content (AvgIpc) is 0. The van der Waals surface area contributed by atoms with E-state index in [1.54, 1.807) is 0 Å². The second-order valence-electron chi connectivity index (χ2n) is 0. The van der Waals surface area contributed by atoms with Gasteiger partial charge in [-0.3, -0.25) is 0 Å². The Balaban J connectivity index is 0. The van der Waals surface area contributed by atoms with Crippen molar-refractivity contribution in [2.75, 3.05) is 0 Å². The van der Waals surface area contributed by atoms with Gasteiger partial charge in [-0.15, -0.1) is 0 Å². The summed E-state index contributed by atoms with van der Waals surface area (Å²) >= 11 is 0. The summed E-state index contributed by atoms with van der Waals surface area (Å²) in [6.45, 7) is 0. The third kappa shape index (κ3) is 26.8. The second kappa shape index (κ2) is 40.9. The first-order valence-corrected chi connectivity index (χ1v) is 0. The van der Waals surface area contributed by atoms with Crippen LogP contribution in [-0.2, 0) is 0 Å². The standard InChI is InChI=1S/Al.Ba.4ClH/h;;4*1H/q+3;+2;;;;/p-4. The zero-order valence-corrected chi connectivity index (χ0v) is 11.4. The van der Waals surface area contributed by atoms with E-state index < -0.39 is 0 Å². The van der Waals surface area contributed by atoms with Crippen molar-refractivity contribution in [3.05, 3.63) is 0 Å². The van der Waals surface area contributed by atoms with Gasteiger partial charge in [0.15, 0.2) is 0 Å². The molecule has 0 aliphatic heterocycles. The third-order valence-electron chi connectivity index (χ3n) is 0. The van der Waals surface area contributed by atoms with E-state index in [4.69, 9.17) is 0 Å². The molecule has 0 saturated carbocycles. The summed E-state index contributed by atoms with van der Waals surface area (Å²) in [5.74, 6) is 0. The molecule has 0 bridgehead atoms. The predicted molar refractivity (Wildman–Crippen MR) is 11.5 cm³/mol. The maximum absolute atomic E-state index is 0. The minimum absolute atomic E-state index is 0. The molecule has 0 aromatic heterocycles. The van der Waals surface area contributed by atoms with Crippen molar-refractivity contribution >= 4 is 66.2 Å². The fourth-order valence-corrected chi connectivity index (χ4v) is 0. The summed E-state index contributed by atoms with van der Waals surface area (Å²) in [5, 5.41) is 0. The second-order valence-corrected chi connectivity index (χ2v) is 0. The molecule has 0 radical (unpaired) electrons. The summed E-state index contributed by atoms with van der Waals surface area (Å²) < 4.78 is 0. The number of rotatable bonds is 0. The van der Waals surface area contributed by atoms with E-state index in [-0.39, 0.29) is 116 Å². The Labute approximate surface area is 113 Å². The van der Waals surface area contributed by atoms with Crippen LogP contribution in [0.1, 0.15) is 0 Å². The van der Waals surface area contributed by atoms with Crippen molar-refractivity contribution < 1.29 is 49.6 Å². The van der Waals surface area contributed by atoms with Gasteiger partial charge in [-0.2, -0.15) is 0 Å². The summed E-state index contributed by atoms with van der Waals surface area (Å²) in [6.07, 6.45) is 0. The molecule has 0 unspecified atom stereocenters. The summed E-state index contributed by atoms with van der Waals surface area (Å²) in [6, 6.07) is 0. The summed E-state index contributed by atoms with van der Waals surface area (Å²) in [5.41, 5.74) is 0. The molecule has 0 atom stereocenters. The SMILES string of the molecule is [Al+3].[Ba+2].[Cl-].[Cl-].[Cl-].[Cl-]. The Bertz CT molecular complexity index is 7.51. The van der Waals surface area contributed by atoms with Crippen LogP contribution in [0.3, 0.4) is 0 Å². The van der Waals surface area contributed by atoms with Crippen molar-refractivity contribution in [1.82, 2.24) is 0 Å². The monoisotopic (exact) mass is 305 g/mol. The minimum atomic E-state index is 0. The molecule has 0 N–H and O–H groups in total. The maximum atomic E-state index is 0. The van der Waals surface area contributed by atoms with Crippen molar-refractivity contribution in [1.29, 1.82) is 0 Å². The topological polar surface area (TPSA) is 0 Å². The first kappa shape index (κ1) is 59.4. The van der Waals surface area contributed by atoms with Crippen LogP contribution in [0.5, 0.6) is 0 Å².